The summed E-state index contributed by atoms with van der Waals surface area (Å²) in [5.41, 5.74) is 0.827. The monoisotopic (exact) mass is 313 g/mol. The third-order valence-corrected chi connectivity index (χ3v) is 2.78. The molecule has 0 saturated carbocycles. The number of hydrogen-bond acceptors (Lipinski definition) is 3. The van der Waals surface area contributed by atoms with Gasteiger partial charge in [0.25, 0.3) is 0 Å². The van der Waals surface area contributed by atoms with E-state index < -0.39 is 24.5 Å². The molecule has 4 N–H and O–H groups in total. The first-order valence-electron chi connectivity index (χ1n) is 6.17. The van der Waals surface area contributed by atoms with Crippen LogP contribution in [0.3, 0.4) is 0 Å². The van der Waals surface area contributed by atoms with Gasteiger partial charge in [-0.3, -0.25) is 9.59 Å². The van der Waals surface area contributed by atoms with Crippen LogP contribution in [0.1, 0.15) is 18.5 Å². The average molecular weight is 314 g/mol. The van der Waals surface area contributed by atoms with Crippen molar-refractivity contribution in [2.75, 3.05) is 13.1 Å². The molecule has 0 fully saturated rings. The van der Waals surface area contributed by atoms with Crippen molar-refractivity contribution in [2.45, 2.75) is 13.0 Å². The minimum atomic E-state index is -1.15. The molecule has 1 unspecified atom stereocenters. The van der Waals surface area contributed by atoms with Gasteiger partial charge >= 0.3 is 12.0 Å². The molecular weight excluding hydrogens is 298 g/mol. The molecule has 0 heterocycles. The van der Waals surface area contributed by atoms with Gasteiger partial charge < -0.3 is 21.1 Å². The Kier molecular flexibility index (Phi) is 6.48. The Bertz CT molecular complexity index is 536. The lowest BCUT2D eigenvalue weighted by Gasteiger charge is -2.15. The second-order valence-electron chi connectivity index (χ2n) is 4.27. The highest BCUT2D eigenvalue weighted by Gasteiger charge is 2.11. The number of benzene rings is 1. The van der Waals surface area contributed by atoms with E-state index in [4.69, 9.17) is 16.7 Å². The minimum absolute atomic E-state index is 0.286. The number of nitrogens with one attached hydrogen (secondary N) is 3. The van der Waals surface area contributed by atoms with Crippen LogP contribution in [0.5, 0.6) is 0 Å². The van der Waals surface area contributed by atoms with Crippen molar-refractivity contribution < 1.29 is 19.5 Å². The van der Waals surface area contributed by atoms with Gasteiger partial charge in [0, 0.05) is 5.02 Å². The van der Waals surface area contributed by atoms with Crippen molar-refractivity contribution in [1.82, 2.24) is 16.0 Å². The summed E-state index contributed by atoms with van der Waals surface area (Å²) in [6, 6.07) is 6.22. The van der Waals surface area contributed by atoms with E-state index in [0.717, 1.165) is 5.56 Å². The van der Waals surface area contributed by atoms with E-state index >= 15 is 0 Å². The Labute approximate surface area is 126 Å². The molecule has 0 aliphatic carbocycles. The number of halogens is 1. The molecule has 114 valence electrons. The van der Waals surface area contributed by atoms with Crippen LogP contribution in [-0.4, -0.2) is 36.1 Å². The molecule has 8 heteroatoms. The van der Waals surface area contributed by atoms with E-state index in [1.54, 1.807) is 25.1 Å². The normalized spacial score (nSPS) is 11.3. The van der Waals surface area contributed by atoms with Gasteiger partial charge in [-0.15, -0.1) is 0 Å². The van der Waals surface area contributed by atoms with Crippen LogP contribution in [0, 0.1) is 0 Å². The maximum Gasteiger partial charge on any atom is 0.322 e. The van der Waals surface area contributed by atoms with E-state index in [9.17, 15) is 14.4 Å². The zero-order valence-corrected chi connectivity index (χ0v) is 12.1. The van der Waals surface area contributed by atoms with Gasteiger partial charge in [-0.2, -0.15) is 0 Å². The number of carbonyl (C=O) groups is 3. The highest BCUT2D eigenvalue weighted by Crippen LogP contribution is 2.16. The summed E-state index contributed by atoms with van der Waals surface area (Å²) in [6.07, 6.45) is 0. The van der Waals surface area contributed by atoms with Crippen LogP contribution >= 0.6 is 11.6 Å². The summed E-state index contributed by atoms with van der Waals surface area (Å²) >= 11 is 5.86. The average Bonchev–Trinajstić information content (AvgIpc) is 2.42. The number of amides is 3. The molecular formula is C13H16ClN3O4. The van der Waals surface area contributed by atoms with Crippen molar-refractivity contribution in [3.8, 4) is 0 Å². The van der Waals surface area contributed by atoms with Gasteiger partial charge in [0.1, 0.15) is 6.54 Å². The summed E-state index contributed by atoms with van der Waals surface area (Å²) in [4.78, 5) is 33.1. The van der Waals surface area contributed by atoms with Crippen LogP contribution < -0.4 is 16.0 Å². The van der Waals surface area contributed by atoms with Gasteiger partial charge in [-0.25, -0.2) is 4.79 Å². The van der Waals surface area contributed by atoms with Gasteiger partial charge in [0.15, 0.2) is 0 Å². The summed E-state index contributed by atoms with van der Waals surface area (Å²) in [6.45, 7) is 0.984. The number of hydrogen-bond donors (Lipinski definition) is 4. The first-order chi connectivity index (χ1) is 9.88. The van der Waals surface area contributed by atoms with Crippen LogP contribution in [0.4, 0.5) is 4.79 Å². The fraction of sp³-hybridized carbons (Fsp3) is 0.308. The van der Waals surface area contributed by atoms with Crippen LogP contribution in [0.2, 0.25) is 5.02 Å². The topological polar surface area (TPSA) is 108 Å². The summed E-state index contributed by atoms with van der Waals surface area (Å²) in [7, 11) is 0. The van der Waals surface area contributed by atoms with Gasteiger partial charge in [-0.1, -0.05) is 23.7 Å². The van der Waals surface area contributed by atoms with Crippen molar-refractivity contribution in [3.63, 3.8) is 0 Å². The SMILES string of the molecule is CC(NC(=O)NCC(=O)NCC(=O)O)c1cccc(Cl)c1. The molecule has 0 radical (unpaired) electrons. The third kappa shape index (κ3) is 6.62. The molecule has 0 bridgehead atoms. The lowest BCUT2D eigenvalue weighted by atomic mass is 10.1. The first kappa shape index (κ1) is 16.8. The molecule has 1 atom stereocenters. The molecule has 0 saturated heterocycles. The molecule has 1 aromatic rings. The Balaban J connectivity index is 2.36. The molecule has 7 nitrogen and oxygen atoms in total. The Hall–Kier alpha value is -2.28. The largest absolute Gasteiger partial charge is 0.480 e. The number of carbonyl (C=O) groups excluding carboxylic acids is 2. The summed E-state index contributed by atoms with van der Waals surface area (Å²) < 4.78 is 0. The highest BCUT2D eigenvalue weighted by molar-refractivity contribution is 6.30. The molecule has 0 aliphatic heterocycles. The summed E-state index contributed by atoms with van der Waals surface area (Å²) in [5, 5.41) is 16.0. The minimum Gasteiger partial charge on any atom is -0.480 e. The van der Waals surface area contributed by atoms with Gasteiger partial charge in [-0.05, 0) is 24.6 Å². The highest BCUT2D eigenvalue weighted by atomic mass is 35.5. The number of carboxylic acid groups (broad SMARTS) is 1. The van der Waals surface area contributed by atoms with Crippen molar-refractivity contribution in [1.29, 1.82) is 0 Å². The molecule has 3 amide bonds. The standard InChI is InChI=1S/C13H16ClN3O4/c1-8(9-3-2-4-10(14)5-9)17-13(21)16-6-11(18)15-7-12(19)20/h2-5,8H,6-7H2,1H3,(H,15,18)(H,19,20)(H2,16,17,21). The maximum absolute atomic E-state index is 11.6. The second-order valence-corrected chi connectivity index (χ2v) is 4.71. The van der Waals surface area contributed by atoms with E-state index in [0.29, 0.717) is 5.02 Å². The van der Waals surface area contributed by atoms with Crippen molar-refractivity contribution >= 4 is 29.5 Å². The van der Waals surface area contributed by atoms with E-state index in [1.807, 2.05) is 6.07 Å². The molecule has 0 aliphatic rings. The second kappa shape index (κ2) is 8.11. The number of rotatable bonds is 6. The molecule has 1 aromatic carbocycles. The zero-order valence-electron chi connectivity index (χ0n) is 11.4. The zero-order chi connectivity index (χ0) is 15.8. The number of carboxylic acids is 1. The lowest BCUT2D eigenvalue weighted by Crippen LogP contribution is -2.43. The fourth-order valence-electron chi connectivity index (χ4n) is 1.50. The van der Waals surface area contributed by atoms with Gasteiger partial charge in [0.2, 0.25) is 5.91 Å². The number of aliphatic carboxylic acids is 1. The van der Waals surface area contributed by atoms with E-state index in [1.165, 1.54) is 0 Å². The maximum atomic E-state index is 11.6. The molecule has 21 heavy (non-hydrogen) atoms. The fourth-order valence-corrected chi connectivity index (χ4v) is 1.70. The third-order valence-electron chi connectivity index (χ3n) is 2.54. The molecule has 1 rings (SSSR count). The van der Waals surface area contributed by atoms with Crippen molar-refractivity contribution in [3.05, 3.63) is 34.9 Å². The quantitative estimate of drug-likeness (QED) is 0.626. The van der Waals surface area contributed by atoms with E-state index in [2.05, 4.69) is 16.0 Å². The van der Waals surface area contributed by atoms with Crippen LogP contribution in [0.25, 0.3) is 0 Å². The predicted octanol–water partition coefficient (Wildman–Crippen LogP) is 0.901. The Morgan fingerprint density at radius 3 is 2.57 bits per heavy atom. The van der Waals surface area contributed by atoms with Gasteiger partial charge in [0.05, 0.1) is 12.6 Å². The smallest absolute Gasteiger partial charge is 0.322 e. The Morgan fingerprint density at radius 2 is 1.95 bits per heavy atom. The predicted molar refractivity (Wildman–Crippen MR) is 77.0 cm³/mol. The van der Waals surface area contributed by atoms with Crippen LogP contribution in [0.15, 0.2) is 24.3 Å². The van der Waals surface area contributed by atoms with E-state index in [-0.39, 0.29) is 12.6 Å². The van der Waals surface area contributed by atoms with Crippen LogP contribution in [-0.2, 0) is 9.59 Å². The molecule has 0 aromatic heterocycles. The Morgan fingerprint density at radius 1 is 1.24 bits per heavy atom. The number of urea groups is 1. The lowest BCUT2D eigenvalue weighted by molar-refractivity contribution is -0.137. The first-order valence-corrected chi connectivity index (χ1v) is 6.54. The molecule has 0 spiro atoms. The summed E-state index contributed by atoms with van der Waals surface area (Å²) in [5.74, 6) is -1.73. The van der Waals surface area contributed by atoms with Crippen molar-refractivity contribution in [2.24, 2.45) is 0 Å².